The van der Waals surface area contributed by atoms with E-state index in [-0.39, 0.29) is 36.0 Å². The fourth-order valence-corrected chi connectivity index (χ4v) is 7.82. The van der Waals surface area contributed by atoms with E-state index in [0.717, 1.165) is 18.6 Å². The first kappa shape index (κ1) is 21.6. The molecule has 1 aliphatic heterocycles. The van der Waals surface area contributed by atoms with Crippen LogP contribution in [0, 0.1) is 16.7 Å². The lowest BCUT2D eigenvalue weighted by Crippen LogP contribution is -2.52. The highest BCUT2D eigenvalue weighted by Gasteiger charge is 2.65. The van der Waals surface area contributed by atoms with Crippen LogP contribution in [0.15, 0.2) is 24.3 Å². The third kappa shape index (κ3) is 3.34. The van der Waals surface area contributed by atoms with Crippen LogP contribution in [-0.2, 0) is 21.0 Å². The van der Waals surface area contributed by atoms with E-state index >= 15 is 0 Å². The molecular weight excluding hydrogens is 417 g/mol. The molecule has 1 aromatic rings. The maximum absolute atomic E-state index is 13.2. The molecule has 9 heteroatoms. The number of nitrogens with zero attached hydrogens (tertiary/aromatic N) is 2. The molecule has 1 heterocycles. The van der Waals surface area contributed by atoms with Gasteiger partial charge in [-0.05, 0) is 42.4 Å². The average Bonchev–Trinajstić information content (AvgIpc) is 3.01. The van der Waals surface area contributed by atoms with Crippen LogP contribution in [-0.4, -0.2) is 50.4 Å². The van der Waals surface area contributed by atoms with Gasteiger partial charge in [0.1, 0.15) is 5.78 Å². The molecule has 2 bridgehead atoms. The maximum atomic E-state index is 13.2. The molecule has 30 heavy (non-hydrogen) atoms. The van der Waals surface area contributed by atoms with Crippen LogP contribution in [0.5, 0.6) is 0 Å². The second-order valence-electron chi connectivity index (χ2n) is 9.36. The fourth-order valence-electron chi connectivity index (χ4n) is 5.61. The van der Waals surface area contributed by atoms with Gasteiger partial charge in [0.2, 0.25) is 10.0 Å². The second-order valence-corrected chi connectivity index (χ2v) is 11.3. The Bertz CT molecular complexity index is 952. The summed E-state index contributed by atoms with van der Waals surface area (Å²) in [5.41, 5.74) is -1.41. The Kier molecular flexibility index (Phi) is 5.01. The number of anilines is 1. The maximum Gasteiger partial charge on any atom is 0.416 e. The molecule has 0 aromatic heterocycles. The Morgan fingerprint density at radius 2 is 1.80 bits per heavy atom. The highest BCUT2D eigenvalue weighted by molar-refractivity contribution is 7.89. The summed E-state index contributed by atoms with van der Waals surface area (Å²) in [5.74, 6) is 0.152. The molecule has 0 spiro atoms. The Hall–Kier alpha value is -1.61. The molecule has 2 atom stereocenters. The predicted molar refractivity (Wildman–Crippen MR) is 108 cm³/mol. The van der Waals surface area contributed by atoms with Crippen LogP contribution in [0.1, 0.15) is 38.7 Å². The lowest BCUT2D eigenvalue weighted by Gasteiger charge is -2.40. The minimum absolute atomic E-state index is 0.0647. The molecule has 4 rings (SSSR count). The van der Waals surface area contributed by atoms with Crippen molar-refractivity contribution >= 4 is 21.5 Å². The van der Waals surface area contributed by atoms with E-state index in [1.54, 1.807) is 11.0 Å². The summed E-state index contributed by atoms with van der Waals surface area (Å²) in [7, 11) is -3.65. The van der Waals surface area contributed by atoms with Gasteiger partial charge in [0, 0.05) is 43.7 Å². The summed E-state index contributed by atoms with van der Waals surface area (Å²) in [4.78, 5) is 14.5. The molecule has 0 N–H and O–H groups in total. The molecule has 1 saturated heterocycles. The minimum Gasteiger partial charge on any atom is -0.369 e. The van der Waals surface area contributed by atoms with Gasteiger partial charge in [-0.15, -0.1) is 0 Å². The van der Waals surface area contributed by atoms with E-state index in [9.17, 15) is 26.4 Å². The van der Waals surface area contributed by atoms with Gasteiger partial charge in [0.25, 0.3) is 0 Å². The highest BCUT2D eigenvalue weighted by Crippen LogP contribution is 2.64. The van der Waals surface area contributed by atoms with Crippen molar-refractivity contribution in [1.29, 1.82) is 0 Å². The molecule has 2 saturated carbocycles. The summed E-state index contributed by atoms with van der Waals surface area (Å²) in [6.45, 7) is 5.05. The summed E-state index contributed by atoms with van der Waals surface area (Å²) in [5, 5.41) is 0. The first-order valence-corrected chi connectivity index (χ1v) is 11.9. The zero-order chi connectivity index (χ0) is 21.9. The topological polar surface area (TPSA) is 57.7 Å². The zero-order valence-corrected chi connectivity index (χ0v) is 18.0. The van der Waals surface area contributed by atoms with Gasteiger partial charge in [-0.25, -0.2) is 8.42 Å². The SMILES string of the molecule is CC1(C)[C@@H]2CC[C@]1(CS(=O)(=O)N1CCN(c3cccc(C(F)(F)F)c3)CC1)C(=O)C2. The number of benzene rings is 1. The van der Waals surface area contributed by atoms with Gasteiger partial charge in [-0.2, -0.15) is 17.5 Å². The molecule has 3 fully saturated rings. The largest absolute Gasteiger partial charge is 0.416 e. The molecule has 0 radical (unpaired) electrons. The number of halogens is 3. The van der Waals surface area contributed by atoms with Crippen molar-refractivity contribution in [3.63, 3.8) is 0 Å². The predicted octanol–water partition coefficient (Wildman–Crippen LogP) is 3.55. The third-order valence-corrected chi connectivity index (χ3v) is 9.75. The summed E-state index contributed by atoms with van der Waals surface area (Å²) >= 11 is 0. The molecule has 166 valence electrons. The van der Waals surface area contributed by atoms with Crippen LogP contribution >= 0.6 is 0 Å². The highest BCUT2D eigenvalue weighted by atomic mass is 32.2. The quantitative estimate of drug-likeness (QED) is 0.713. The number of ketones is 1. The monoisotopic (exact) mass is 444 g/mol. The third-order valence-electron chi connectivity index (χ3n) is 7.74. The van der Waals surface area contributed by atoms with Gasteiger partial charge >= 0.3 is 6.18 Å². The van der Waals surface area contributed by atoms with Crippen LogP contribution in [0.25, 0.3) is 0 Å². The molecular formula is C21H27F3N2O3S. The van der Waals surface area contributed by atoms with E-state index in [0.29, 0.717) is 31.6 Å². The fraction of sp³-hybridized carbons (Fsp3) is 0.667. The number of rotatable bonds is 4. The number of sulfonamides is 1. The van der Waals surface area contributed by atoms with E-state index in [4.69, 9.17) is 0 Å². The van der Waals surface area contributed by atoms with Crippen LogP contribution < -0.4 is 4.90 Å². The molecule has 0 amide bonds. The first-order chi connectivity index (χ1) is 13.9. The smallest absolute Gasteiger partial charge is 0.369 e. The standard InChI is InChI=1S/C21H27F3N2O3S/c1-19(2)15-6-7-20(19,18(27)13-15)14-30(28,29)26-10-8-25(9-11-26)17-5-3-4-16(12-17)21(22,23)24/h3-5,12,15H,6-11,13-14H2,1-2H3/t15-,20+/m1/s1. The number of piperazine rings is 1. The number of hydrogen-bond donors (Lipinski definition) is 0. The van der Waals surface area contributed by atoms with E-state index in [1.165, 1.54) is 10.4 Å². The lowest BCUT2D eigenvalue weighted by molar-refractivity contribution is -0.137. The van der Waals surface area contributed by atoms with Crippen molar-refractivity contribution in [2.45, 2.75) is 39.3 Å². The minimum atomic E-state index is -4.42. The average molecular weight is 445 g/mol. The molecule has 2 aliphatic carbocycles. The number of carbonyl (C=O) groups excluding carboxylic acids is 1. The van der Waals surface area contributed by atoms with Gasteiger partial charge in [0.15, 0.2) is 0 Å². The Labute approximate surface area is 175 Å². The number of fused-ring (bicyclic) bond motifs is 2. The van der Waals surface area contributed by atoms with Crippen molar-refractivity contribution in [2.24, 2.45) is 16.7 Å². The number of hydrogen-bond acceptors (Lipinski definition) is 4. The Balaban J connectivity index is 1.46. The number of Topliss-reactive ketones (excluding diaryl/α,β-unsaturated/α-hetero) is 1. The van der Waals surface area contributed by atoms with Crippen molar-refractivity contribution in [3.05, 3.63) is 29.8 Å². The van der Waals surface area contributed by atoms with Crippen molar-refractivity contribution in [1.82, 2.24) is 4.31 Å². The van der Waals surface area contributed by atoms with E-state index < -0.39 is 27.2 Å². The first-order valence-electron chi connectivity index (χ1n) is 10.3. The van der Waals surface area contributed by atoms with Gasteiger partial charge in [-0.1, -0.05) is 19.9 Å². The van der Waals surface area contributed by atoms with E-state index in [2.05, 4.69) is 0 Å². The van der Waals surface area contributed by atoms with Crippen molar-refractivity contribution in [3.8, 4) is 0 Å². The Morgan fingerprint density at radius 1 is 1.13 bits per heavy atom. The lowest BCUT2D eigenvalue weighted by atomic mass is 9.70. The zero-order valence-electron chi connectivity index (χ0n) is 17.2. The summed E-state index contributed by atoms with van der Waals surface area (Å²) in [6, 6.07) is 5.10. The second kappa shape index (κ2) is 6.95. The molecule has 5 nitrogen and oxygen atoms in total. The summed E-state index contributed by atoms with van der Waals surface area (Å²) < 4.78 is 66.7. The van der Waals surface area contributed by atoms with E-state index in [1.807, 2.05) is 13.8 Å². The molecule has 3 aliphatic rings. The van der Waals surface area contributed by atoms with Crippen LogP contribution in [0.3, 0.4) is 0 Å². The number of alkyl halides is 3. The van der Waals surface area contributed by atoms with Crippen LogP contribution in [0.4, 0.5) is 18.9 Å². The number of carbonyl (C=O) groups is 1. The van der Waals surface area contributed by atoms with Gasteiger partial charge in [0.05, 0.1) is 11.3 Å². The van der Waals surface area contributed by atoms with Gasteiger partial charge in [-0.3, -0.25) is 4.79 Å². The van der Waals surface area contributed by atoms with Gasteiger partial charge < -0.3 is 4.90 Å². The molecule has 0 unspecified atom stereocenters. The molecule has 1 aromatic carbocycles. The van der Waals surface area contributed by atoms with Crippen molar-refractivity contribution < 1.29 is 26.4 Å². The Morgan fingerprint density at radius 3 is 2.33 bits per heavy atom. The summed E-state index contributed by atoms with van der Waals surface area (Å²) in [6.07, 6.45) is -2.45. The normalized spacial score (nSPS) is 29.6. The van der Waals surface area contributed by atoms with Crippen molar-refractivity contribution in [2.75, 3.05) is 36.8 Å². The van der Waals surface area contributed by atoms with Crippen LogP contribution in [0.2, 0.25) is 0 Å².